The van der Waals surface area contributed by atoms with Crippen LogP contribution in [-0.4, -0.2) is 35.9 Å². The Morgan fingerprint density at radius 2 is 1.71 bits per heavy atom. The summed E-state index contributed by atoms with van der Waals surface area (Å²) in [5.41, 5.74) is 6.55. The molecule has 0 spiro atoms. The zero-order chi connectivity index (χ0) is 19.8. The van der Waals surface area contributed by atoms with Gasteiger partial charge in [0.25, 0.3) is 0 Å². The number of carbonyl (C=O) groups is 2. The first-order valence-electron chi connectivity index (χ1n) is 10.4. The van der Waals surface area contributed by atoms with E-state index in [9.17, 15) is 9.59 Å². The van der Waals surface area contributed by atoms with Crippen molar-refractivity contribution in [2.45, 2.75) is 63.6 Å². The van der Waals surface area contributed by atoms with E-state index in [-0.39, 0.29) is 18.6 Å². The van der Waals surface area contributed by atoms with Gasteiger partial charge in [-0.1, -0.05) is 37.5 Å². The van der Waals surface area contributed by atoms with E-state index in [1.807, 2.05) is 30.3 Å². The average molecular weight is 389 g/mol. The van der Waals surface area contributed by atoms with E-state index in [1.54, 1.807) is 0 Å². The van der Waals surface area contributed by atoms with Gasteiger partial charge in [-0.25, -0.2) is 10.2 Å². The molecule has 2 bridgehead atoms. The molecule has 3 rings (SSSR count). The molecule has 2 saturated heterocycles. The maximum absolute atomic E-state index is 12.0. The normalized spacial score (nSPS) is 25.6. The summed E-state index contributed by atoms with van der Waals surface area (Å²) in [7, 11) is 0. The quantitative estimate of drug-likeness (QED) is 0.343. The number of hydrazine groups is 1. The predicted molar refractivity (Wildman–Crippen MR) is 107 cm³/mol. The van der Waals surface area contributed by atoms with Crippen molar-refractivity contribution in [1.82, 2.24) is 10.9 Å². The van der Waals surface area contributed by atoms with Gasteiger partial charge in [0.15, 0.2) is 0 Å². The Bertz CT molecular complexity index is 640. The number of rotatable bonds is 11. The minimum absolute atomic E-state index is 0.264. The van der Waals surface area contributed by atoms with Crippen molar-refractivity contribution in [1.29, 1.82) is 0 Å². The summed E-state index contributed by atoms with van der Waals surface area (Å²) >= 11 is 0. The molecule has 2 fully saturated rings. The Labute approximate surface area is 166 Å². The van der Waals surface area contributed by atoms with Crippen LogP contribution >= 0.6 is 0 Å². The second-order valence-electron chi connectivity index (χ2n) is 7.79. The topological polar surface area (TPSA) is 99.7 Å². The minimum atomic E-state index is -0.712. The molecule has 4 unspecified atom stereocenters. The van der Waals surface area contributed by atoms with Crippen LogP contribution in [0.5, 0.6) is 0 Å². The van der Waals surface area contributed by atoms with E-state index in [0.29, 0.717) is 24.5 Å². The fourth-order valence-electron chi connectivity index (χ4n) is 4.50. The first-order valence-corrected chi connectivity index (χ1v) is 10.4. The molecule has 4 atom stereocenters. The van der Waals surface area contributed by atoms with E-state index in [4.69, 9.17) is 9.84 Å². The van der Waals surface area contributed by atoms with Crippen molar-refractivity contribution in [3.63, 3.8) is 0 Å². The van der Waals surface area contributed by atoms with E-state index in [1.165, 1.54) is 0 Å². The largest absolute Gasteiger partial charge is 0.481 e. The molecule has 7 heteroatoms. The number of carbonyl (C=O) groups excluding carboxylic acids is 1. The molecule has 7 nitrogen and oxygen atoms in total. The molecular weight excluding hydrogens is 358 g/mol. The minimum Gasteiger partial charge on any atom is -0.481 e. The van der Waals surface area contributed by atoms with Crippen molar-refractivity contribution in [3.8, 4) is 0 Å². The summed E-state index contributed by atoms with van der Waals surface area (Å²) in [4.78, 5) is 22.6. The van der Waals surface area contributed by atoms with Gasteiger partial charge in [-0.3, -0.25) is 10.2 Å². The number of amides is 2. The number of carboxylic acid groups (broad SMARTS) is 1. The highest BCUT2D eigenvalue weighted by atomic mass is 16.5. The second-order valence-corrected chi connectivity index (χ2v) is 7.79. The number of fused-ring (bicyclic) bond motifs is 2. The lowest BCUT2D eigenvalue weighted by Crippen LogP contribution is -2.45. The maximum Gasteiger partial charge on any atom is 0.333 e. The Kier molecular flexibility index (Phi) is 7.68. The van der Waals surface area contributed by atoms with E-state index in [0.717, 1.165) is 50.6 Å². The summed E-state index contributed by atoms with van der Waals surface area (Å²) in [5.74, 6) is 0.218. The molecule has 2 aliphatic rings. The third kappa shape index (κ3) is 5.94. The Balaban J connectivity index is 1.36. The molecule has 1 aromatic rings. The average Bonchev–Trinajstić information content (AvgIpc) is 3.27. The van der Waals surface area contributed by atoms with Crippen molar-refractivity contribution >= 4 is 17.7 Å². The number of urea groups is 1. The molecule has 0 aliphatic carbocycles. The second kappa shape index (κ2) is 10.4. The van der Waals surface area contributed by atoms with Crippen LogP contribution in [0, 0.1) is 11.8 Å². The third-order valence-corrected chi connectivity index (χ3v) is 5.84. The first-order chi connectivity index (χ1) is 13.6. The highest BCUT2D eigenvalue weighted by Gasteiger charge is 2.47. The number of unbranched alkanes of at least 4 members (excludes halogenated alkanes) is 3. The number of nitrogens with one attached hydrogen (secondary N) is 3. The monoisotopic (exact) mass is 389 g/mol. The lowest BCUT2D eigenvalue weighted by atomic mass is 9.76. The molecule has 28 heavy (non-hydrogen) atoms. The SMILES string of the molecule is O=C(O)CCCCCCC1C2CCC(O2)C1CNNC(=O)Nc1ccccc1. The predicted octanol–water partition coefficient (Wildman–Crippen LogP) is 3.53. The summed E-state index contributed by atoms with van der Waals surface area (Å²) in [5, 5.41) is 11.5. The van der Waals surface area contributed by atoms with Crippen molar-refractivity contribution in [3.05, 3.63) is 30.3 Å². The summed E-state index contributed by atoms with van der Waals surface area (Å²) in [6, 6.07) is 9.07. The first kappa shape index (κ1) is 20.6. The molecule has 2 aliphatic heterocycles. The number of anilines is 1. The van der Waals surface area contributed by atoms with Crippen LogP contribution in [0.15, 0.2) is 30.3 Å². The van der Waals surface area contributed by atoms with Gasteiger partial charge >= 0.3 is 12.0 Å². The van der Waals surface area contributed by atoms with Crippen molar-refractivity contribution in [2.24, 2.45) is 11.8 Å². The summed E-state index contributed by atoms with van der Waals surface area (Å²) in [6.07, 6.45) is 8.13. The van der Waals surface area contributed by atoms with E-state index < -0.39 is 5.97 Å². The number of hydrogen-bond donors (Lipinski definition) is 4. The van der Waals surface area contributed by atoms with Gasteiger partial charge in [-0.15, -0.1) is 0 Å². The molecule has 4 N–H and O–H groups in total. The zero-order valence-corrected chi connectivity index (χ0v) is 16.2. The third-order valence-electron chi connectivity index (χ3n) is 5.84. The lowest BCUT2D eigenvalue weighted by molar-refractivity contribution is -0.137. The lowest BCUT2D eigenvalue weighted by Gasteiger charge is -2.28. The fraction of sp³-hybridized carbons (Fsp3) is 0.619. The van der Waals surface area contributed by atoms with Gasteiger partial charge in [0.05, 0.1) is 12.2 Å². The number of carboxylic acids is 1. The van der Waals surface area contributed by atoms with Gasteiger partial charge in [-0.2, -0.15) is 0 Å². The van der Waals surface area contributed by atoms with Gasteiger partial charge in [0, 0.05) is 24.6 Å². The van der Waals surface area contributed by atoms with Crippen LogP contribution in [0.3, 0.4) is 0 Å². The summed E-state index contributed by atoms with van der Waals surface area (Å²) in [6.45, 7) is 0.701. The number of aliphatic carboxylic acids is 1. The highest BCUT2D eigenvalue weighted by Crippen LogP contribution is 2.45. The standard InChI is InChI=1S/C21H31N3O4/c25-20(26)11-7-2-1-6-10-16-17(19-13-12-18(16)28-19)14-22-24-21(27)23-15-8-4-3-5-9-15/h3-5,8-9,16-19,22H,1-2,6-7,10-14H2,(H,25,26)(H2,23,24,27). The molecular formula is C21H31N3O4. The van der Waals surface area contributed by atoms with E-state index >= 15 is 0 Å². The number of hydrogen-bond acceptors (Lipinski definition) is 4. The van der Waals surface area contributed by atoms with Gasteiger partial charge in [0.1, 0.15) is 0 Å². The van der Waals surface area contributed by atoms with Crippen LogP contribution in [0.2, 0.25) is 0 Å². The molecule has 1 aromatic carbocycles. The highest BCUT2D eigenvalue weighted by molar-refractivity contribution is 5.88. The van der Waals surface area contributed by atoms with Crippen LogP contribution in [0.25, 0.3) is 0 Å². The zero-order valence-electron chi connectivity index (χ0n) is 16.2. The molecule has 0 aromatic heterocycles. The van der Waals surface area contributed by atoms with Gasteiger partial charge < -0.3 is 15.2 Å². The molecule has 2 amide bonds. The number of benzene rings is 1. The van der Waals surface area contributed by atoms with Crippen LogP contribution < -0.4 is 16.2 Å². The Morgan fingerprint density at radius 1 is 1.00 bits per heavy atom. The molecule has 154 valence electrons. The Morgan fingerprint density at radius 3 is 2.46 bits per heavy atom. The van der Waals surface area contributed by atoms with Gasteiger partial charge in [-0.05, 0) is 43.7 Å². The van der Waals surface area contributed by atoms with E-state index in [2.05, 4.69) is 16.2 Å². The number of ether oxygens (including phenoxy) is 1. The smallest absolute Gasteiger partial charge is 0.333 e. The number of para-hydroxylation sites is 1. The summed E-state index contributed by atoms with van der Waals surface area (Å²) < 4.78 is 6.11. The van der Waals surface area contributed by atoms with Crippen molar-refractivity contribution < 1.29 is 19.4 Å². The fourth-order valence-corrected chi connectivity index (χ4v) is 4.50. The molecule has 0 saturated carbocycles. The molecule has 2 heterocycles. The molecule has 0 radical (unpaired) electrons. The Hall–Kier alpha value is -2.12. The van der Waals surface area contributed by atoms with Crippen LogP contribution in [0.4, 0.5) is 10.5 Å². The van der Waals surface area contributed by atoms with Crippen molar-refractivity contribution in [2.75, 3.05) is 11.9 Å². The maximum atomic E-state index is 12.0. The van der Waals surface area contributed by atoms with Crippen LogP contribution in [0.1, 0.15) is 51.4 Å². The van der Waals surface area contributed by atoms with Gasteiger partial charge in [0.2, 0.25) is 0 Å². The van der Waals surface area contributed by atoms with Crippen LogP contribution in [-0.2, 0) is 9.53 Å².